The summed E-state index contributed by atoms with van der Waals surface area (Å²) in [6.07, 6.45) is 0. The highest BCUT2D eigenvalue weighted by molar-refractivity contribution is 6.16. The average molecular weight is 352 g/mol. The number of anilines is 1. The molecule has 2 aromatic carbocycles. The number of benzene rings is 2. The summed E-state index contributed by atoms with van der Waals surface area (Å²) in [6, 6.07) is 11.8. The lowest BCUT2D eigenvalue weighted by atomic mass is 9.96. The first-order valence-electron chi connectivity index (χ1n) is 7.90. The molecule has 0 unspecified atom stereocenters. The molecule has 0 aliphatic carbocycles. The van der Waals surface area contributed by atoms with Crippen LogP contribution in [-0.4, -0.2) is 21.7 Å². The molecule has 7 nitrogen and oxygen atoms in total. The number of rotatable bonds is 4. The zero-order valence-corrected chi connectivity index (χ0v) is 14.2. The van der Waals surface area contributed by atoms with E-state index < -0.39 is 28.4 Å². The lowest BCUT2D eigenvalue weighted by Crippen LogP contribution is -2.30. The van der Waals surface area contributed by atoms with Gasteiger partial charge in [0.05, 0.1) is 16.5 Å². The first-order chi connectivity index (χ1) is 12.3. The Hall–Kier alpha value is -3.48. The van der Waals surface area contributed by atoms with Gasteiger partial charge in [-0.3, -0.25) is 24.6 Å². The van der Waals surface area contributed by atoms with Gasteiger partial charge in [-0.05, 0) is 37.1 Å². The molecule has 1 aliphatic heterocycles. The molecule has 0 radical (unpaired) electrons. The molecule has 0 fully saturated rings. The van der Waals surface area contributed by atoms with Crippen molar-refractivity contribution in [1.29, 1.82) is 0 Å². The predicted molar refractivity (Wildman–Crippen MR) is 94.8 cm³/mol. The summed E-state index contributed by atoms with van der Waals surface area (Å²) in [5.41, 5.74) is 1.53. The standard InChI is InChI=1S/C19H16N2O5/c1-11-5-3-7-14(9-11)20-17(16(12(2)22)18(23)19(20)24)13-6-4-8-15(10-13)21(25)26/h3-10,17,23H,1-2H3/t17-/m1/s1. The molecule has 1 atom stereocenters. The number of nitro benzene ring substituents is 1. The fourth-order valence-corrected chi connectivity index (χ4v) is 3.13. The minimum atomic E-state index is -0.929. The lowest BCUT2D eigenvalue weighted by Gasteiger charge is -2.26. The van der Waals surface area contributed by atoms with Crippen LogP contribution in [0.25, 0.3) is 0 Å². The Morgan fingerprint density at radius 1 is 1.19 bits per heavy atom. The van der Waals surface area contributed by atoms with E-state index in [-0.39, 0.29) is 11.3 Å². The topological polar surface area (TPSA) is 101 Å². The molecule has 1 heterocycles. The molecular weight excluding hydrogens is 336 g/mol. The average Bonchev–Trinajstić information content (AvgIpc) is 2.86. The Morgan fingerprint density at radius 2 is 1.88 bits per heavy atom. The van der Waals surface area contributed by atoms with Crippen molar-refractivity contribution in [2.24, 2.45) is 0 Å². The van der Waals surface area contributed by atoms with Crippen molar-refractivity contribution >= 4 is 23.1 Å². The van der Waals surface area contributed by atoms with Gasteiger partial charge in [0.2, 0.25) is 0 Å². The van der Waals surface area contributed by atoms with Crippen molar-refractivity contribution in [3.8, 4) is 0 Å². The highest BCUT2D eigenvalue weighted by Gasteiger charge is 2.43. The Bertz CT molecular complexity index is 964. The zero-order valence-electron chi connectivity index (χ0n) is 14.2. The summed E-state index contributed by atoms with van der Waals surface area (Å²) >= 11 is 0. The van der Waals surface area contributed by atoms with E-state index in [1.165, 1.54) is 30.0 Å². The van der Waals surface area contributed by atoms with Crippen LogP contribution in [0.5, 0.6) is 0 Å². The third-order valence-corrected chi connectivity index (χ3v) is 4.26. The SMILES string of the molecule is CC(=O)C1=C(O)C(=O)N(c2cccc(C)c2)[C@@H]1c1cccc([N+](=O)[O-])c1. The summed E-state index contributed by atoms with van der Waals surface area (Å²) in [5, 5.41) is 21.4. The summed E-state index contributed by atoms with van der Waals surface area (Å²) in [5.74, 6) is -1.81. The number of nitro groups is 1. The van der Waals surface area contributed by atoms with Gasteiger partial charge in [-0.15, -0.1) is 0 Å². The van der Waals surface area contributed by atoms with Gasteiger partial charge in [0.15, 0.2) is 11.5 Å². The number of aliphatic hydroxyl groups excluding tert-OH is 1. The van der Waals surface area contributed by atoms with Crippen molar-refractivity contribution < 1.29 is 19.6 Å². The van der Waals surface area contributed by atoms with Crippen molar-refractivity contribution in [2.45, 2.75) is 19.9 Å². The van der Waals surface area contributed by atoms with E-state index in [9.17, 15) is 24.8 Å². The largest absolute Gasteiger partial charge is 0.503 e. The van der Waals surface area contributed by atoms with Gasteiger partial charge >= 0.3 is 0 Å². The van der Waals surface area contributed by atoms with E-state index >= 15 is 0 Å². The maximum absolute atomic E-state index is 12.7. The third-order valence-electron chi connectivity index (χ3n) is 4.26. The van der Waals surface area contributed by atoms with E-state index in [0.717, 1.165) is 5.56 Å². The monoisotopic (exact) mass is 352 g/mol. The Morgan fingerprint density at radius 3 is 2.50 bits per heavy atom. The van der Waals surface area contributed by atoms with E-state index in [1.54, 1.807) is 24.3 Å². The molecule has 0 aromatic heterocycles. The predicted octanol–water partition coefficient (Wildman–Crippen LogP) is 3.39. The van der Waals surface area contributed by atoms with Gasteiger partial charge < -0.3 is 5.11 Å². The zero-order chi connectivity index (χ0) is 19.0. The Kier molecular flexibility index (Phi) is 4.29. The number of hydrogen-bond acceptors (Lipinski definition) is 5. The van der Waals surface area contributed by atoms with Gasteiger partial charge in [-0.2, -0.15) is 0 Å². The van der Waals surface area contributed by atoms with Crippen LogP contribution in [0.3, 0.4) is 0 Å². The molecule has 0 saturated heterocycles. The maximum atomic E-state index is 12.7. The number of Topliss-reactive ketones (excluding diaryl/α,β-unsaturated/α-hetero) is 1. The molecule has 1 N–H and O–H groups in total. The Balaban J connectivity index is 2.21. The number of ketones is 1. The van der Waals surface area contributed by atoms with Crippen LogP contribution in [0, 0.1) is 17.0 Å². The number of nitrogens with zero attached hydrogens (tertiary/aromatic N) is 2. The first kappa shape index (κ1) is 17.3. The summed E-state index contributed by atoms with van der Waals surface area (Å²) in [7, 11) is 0. The van der Waals surface area contributed by atoms with Crippen LogP contribution in [-0.2, 0) is 9.59 Å². The maximum Gasteiger partial charge on any atom is 0.294 e. The molecule has 7 heteroatoms. The van der Waals surface area contributed by atoms with Crippen molar-refractivity contribution in [2.75, 3.05) is 4.90 Å². The van der Waals surface area contributed by atoms with Gasteiger partial charge in [-0.25, -0.2) is 0 Å². The van der Waals surface area contributed by atoms with Crippen molar-refractivity contribution in [1.82, 2.24) is 0 Å². The molecule has 2 aromatic rings. The van der Waals surface area contributed by atoms with E-state index in [4.69, 9.17) is 0 Å². The molecule has 0 bridgehead atoms. The summed E-state index contributed by atoms with van der Waals surface area (Å²) in [4.78, 5) is 36.6. The van der Waals surface area contributed by atoms with E-state index in [1.807, 2.05) is 13.0 Å². The smallest absolute Gasteiger partial charge is 0.294 e. The number of non-ortho nitro benzene ring substituents is 1. The number of carbonyl (C=O) groups excluding carboxylic acids is 2. The van der Waals surface area contributed by atoms with Gasteiger partial charge in [-0.1, -0.05) is 24.3 Å². The van der Waals surface area contributed by atoms with E-state index in [2.05, 4.69) is 0 Å². The number of aryl methyl sites for hydroxylation is 1. The van der Waals surface area contributed by atoms with Crippen LogP contribution in [0.4, 0.5) is 11.4 Å². The minimum absolute atomic E-state index is 0.0722. The van der Waals surface area contributed by atoms with Gasteiger partial charge in [0.25, 0.3) is 11.6 Å². The van der Waals surface area contributed by atoms with Crippen LogP contribution in [0.15, 0.2) is 59.9 Å². The van der Waals surface area contributed by atoms with Crippen LogP contribution >= 0.6 is 0 Å². The lowest BCUT2D eigenvalue weighted by molar-refractivity contribution is -0.384. The molecule has 3 rings (SSSR count). The van der Waals surface area contributed by atoms with Gasteiger partial charge in [0, 0.05) is 17.8 Å². The summed E-state index contributed by atoms with van der Waals surface area (Å²) < 4.78 is 0. The minimum Gasteiger partial charge on any atom is -0.503 e. The number of amides is 1. The second-order valence-electron chi connectivity index (χ2n) is 6.09. The second kappa shape index (κ2) is 6.44. The molecule has 0 spiro atoms. The molecule has 1 amide bonds. The fourth-order valence-electron chi connectivity index (χ4n) is 3.13. The quantitative estimate of drug-likeness (QED) is 0.671. The highest BCUT2D eigenvalue weighted by atomic mass is 16.6. The molecule has 132 valence electrons. The van der Waals surface area contributed by atoms with Crippen LogP contribution < -0.4 is 4.90 Å². The molecule has 1 aliphatic rings. The second-order valence-corrected chi connectivity index (χ2v) is 6.09. The third kappa shape index (κ3) is 2.83. The highest BCUT2D eigenvalue weighted by Crippen LogP contribution is 2.41. The fraction of sp³-hybridized carbons (Fsp3) is 0.158. The van der Waals surface area contributed by atoms with Gasteiger partial charge in [0.1, 0.15) is 0 Å². The number of hydrogen-bond donors (Lipinski definition) is 1. The molecule has 0 saturated carbocycles. The Labute approximate surface area is 149 Å². The number of aliphatic hydroxyl groups is 1. The molecule has 26 heavy (non-hydrogen) atoms. The van der Waals surface area contributed by atoms with Crippen LogP contribution in [0.2, 0.25) is 0 Å². The van der Waals surface area contributed by atoms with Crippen molar-refractivity contribution in [3.63, 3.8) is 0 Å². The first-order valence-corrected chi connectivity index (χ1v) is 7.90. The van der Waals surface area contributed by atoms with Crippen molar-refractivity contribution in [3.05, 3.63) is 81.1 Å². The summed E-state index contributed by atoms with van der Waals surface area (Å²) in [6.45, 7) is 3.11. The number of carbonyl (C=O) groups is 2. The molecular formula is C19H16N2O5. The van der Waals surface area contributed by atoms with E-state index in [0.29, 0.717) is 11.3 Å². The van der Waals surface area contributed by atoms with Crippen LogP contribution in [0.1, 0.15) is 24.1 Å². The normalized spacial score (nSPS) is 16.9.